The number of hydrogen-bond acceptors (Lipinski definition) is 0. The zero-order chi connectivity index (χ0) is 6.57. The molecule has 0 aliphatic heterocycles. The van der Waals surface area contributed by atoms with Crippen LogP contribution in [0.2, 0.25) is 0 Å². The van der Waals surface area contributed by atoms with E-state index in [1.54, 1.807) is 6.08 Å². The normalized spacial score (nSPS) is 19.0. The van der Waals surface area contributed by atoms with Gasteiger partial charge in [-0.15, -0.1) is 23.2 Å². The van der Waals surface area contributed by atoms with E-state index in [0.717, 1.165) is 0 Å². The SMILES string of the molecule is [CH2]C(Cl)/C=C/C(C)Cl. The van der Waals surface area contributed by atoms with Gasteiger partial charge in [0.25, 0.3) is 0 Å². The highest BCUT2D eigenvalue weighted by Gasteiger charge is 1.88. The molecule has 0 rings (SSSR count). The van der Waals surface area contributed by atoms with Crippen LogP contribution in [-0.2, 0) is 0 Å². The van der Waals surface area contributed by atoms with Gasteiger partial charge in [-0.05, 0) is 13.8 Å². The van der Waals surface area contributed by atoms with E-state index in [-0.39, 0.29) is 10.8 Å². The lowest BCUT2D eigenvalue weighted by Gasteiger charge is -1.92. The Kier molecular flexibility index (Phi) is 4.39. The van der Waals surface area contributed by atoms with Gasteiger partial charge in [0.2, 0.25) is 0 Å². The second-order valence-corrected chi connectivity index (χ2v) is 2.83. The van der Waals surface area contributed by atoms with Crippen molar-refractivity contribution in [2.45, 2.75) is 17.7 Å². The summed E-state index contributed by atoms with van der Waals surface area (Å²) in [4.78, 5) is 0. The van der Waals surface area contributed by atoms with Gasteiger partial charge >= 0.3 is 0 Å². The van der Waals surface area contributed by atoms with Crippen LogP contribution in [-0.4, -0.2) is 10.8 Å². The Morgan fingerprint density at radius 2 is 1.88 bits per heavy atom. The highest BCUT2D eigenvalue weighted by molar-refractivity contribution is 6.23. The Hall–Kier alpha value is 0.320. The van der Waals surface area contributed by atoms with E-state index in [1.807, 2.05) is 13.0 Å². The number of halogens is 2. The Bertz CT molecular complexity index is 64.6. The van der Waals surface area contributed by atoms with Crippen LogP contribution in [0.5, 0.6) is 0 Å². The summed E-state index contributed by atoms with van der Waals surface area (Å²) in [7, 11) is 0. The first-order chi connectivity index (χ1) is 3.63. The van der Waals surface area contributed by atoms with Gasteiger partial charge in [-0.25, -0.2) is 0 Å². The van der Waals surface area contributed by atoms with E-state index in [9.17, 15) is 0 Å². The molecule has 0 aromatic rings. The van der Waals surface area contributed by atoms with Crippen molar-refractivity contribution in [1.29, 1.82) is 0 Å². The van der Waals surface area contributed by atoms with E-state index in [1.165, 1.54) is 0 Å². The molecule has 2 unspecified atom stereocenters. The Balaban J connectivity index is 3.34. The van der Waals surface area contributed by atoms with Gasteiger partial charge in [-0.3, -0.25) is 0 Å². The summed E-state index contributed by atoms with van der Waals surface area (Å²) in [5.41, 5.74) is 0. The Morgan fingerprint density at radius 3 is 2.00 bits per heavy atom. The van der Waals surface area contributed by atoms with Crippen molar-refractivity contribution in [3.8, 4) is 0 Å². The first-order valence-electron chi connectivity index (χ1n) is 2.42. The third-order valence-corrected chi connectivity index (χ3v) is 0.876. The van der Waals surface area contributed by atoms with Crippen molar-refractivity contribution in [3.05, 3.63) is 19.1 Å². The quantitative estimate of drug-likeness (QED) is 0.421. The van der Waals surface area contributed by atoms with Crippen LogP contribution in [0, 0.1) is 6.92 Å². The second-order valence-electron chi connectivity index (χ2n) is 1.58. The molecule has 0 bridgehead atoms. The maximum Gasteiger partial charge on any atom is 0.0517 e. The van der Waals surface area contributed by atoms with Crippen molar-refractivity contribution < 1.29 is 0 Å². The van der Waals surface area contributed by atoms with Gasteiger partial charge in [-0.1, -0.05) is 12.2 Å². The van der Waals surface area contributed by atoms with E-state index < -0.39 is 0 Å². The van der Waals surface area contributed by atoms with Crippen LogP contribution in [0.4, 0.5) is 0 Å². The molecule has 0 aliphatic carbocycles. The summed E-state index contributed by atoms with van der Waals surface area (Å²) >= 11 is 11.0. The van der Waals surface area contributed by atoms with Crippen LogP contribution in [0.15, 0.2) is 12.2 Å². The molecular weight excluding hydrogens is 143 g/mol. The van der Waals surface area contributed by atoms with Gasteiger partial charge in [0, 0.05) is 5.38 Å². The number of alkyl halides is 2. The Morgan fingerprint density at radius 1 is 1.38 bits per heavy atom. The van der Waals surface area contributed by atoms with Crippen LogP contribution >= 0.6 is 23.2 Å². The van der Waals surface area contributed by atoms with Gasteiger partial charge < -0.3 is 0 Å². The predicted molar refractivity (Wildman–Crippen MR) is 39.5 cm³/mol. The molecule has 0 saturated carbocycles. The third-order valence-electron chi connectivity index (χ3n) is 0.585. The van der Waals surface area contributed by atoms with Gasteiger partial charge in [0.05, 0.1) is 5.38 Å². The monoisotopic (exact) mass is 151 g/mol. The molecule has 1 radical (unpaired) electrons. The second kappa shape index (κ2) is 4.22. The molecule has 0 N–H and O–H groups in total. The molecule has 0 heterocycles. The zero-order valence-corrected chi connectivity index (χ0v) is 6.28. The fourth-order valence-corrected chi connectivity index (χ4v) is 0.442. The fraction of sp³-hybridized carbons (Fsp3) is 0.500. The zero-order valence-electron chi connectivity index (χ0n) is 4.77. The average Bonchev–Trinajstić information content (AvgIpc) is 1.61. The van der Waals surface area contributed by atoms with E-state index in [4.69, 9.17) is 23.2 Å². The number of hydrogen-bond donors (Lipinski definition) is 0. The molecule has 0 fully saturated rings. The fourth-order valence-electron chi connectivity index (χ4n) is 0.274. The molecule has 0 aliphatic rings. The minimum Gasteiger partial charge on any atom is -0.119 e. The molecule has 8 heavy (non-hydrogen) atoms. The van der Waals surface area contributed by atoms with Crippen molar-refractivity contribution in [3.63, 3.8) is 0 Å². The van der Waals surface area contributed by atoms with Gasteiger partial charge in [0.15, 0.2) is 0 Å². The molecule has 0 amide bonds. The molecule has 0 spiro atoms. The van der Waals surface area contributed by atoms with E-state index >= 15 is 0 Å². The van der Waals surface area contributed by atoms with E-state index in [0.29, 0.717) is 0 Å². The molecule has 0 aromatic heterocycles. The topological polar surface area (TPSA) is 0 Å². The highest BCUT2D eigenvalue weighted by atomic mass is 35.5. The average molecular weight is 152 g/mol. The van der Waals surface area contributed by atoms with Crippen molar-refractivity contribution >= 4 is 23.2 Å². The van der Waals surface area contributed by atoms with Gasteiger partial charge in [-0.2, -0.15) is 0 Å². The lowest BCUT2D eigenvalue weighted by molar-refractivity contribution is 1.21. The van der Waals surface area contributed by atoms with Crippen molar-refractivity contribution in [1.82, 2.24) is 0 Å². The molecule has 0 nitrogen and oxygen atoms in total. The largest absolute Gasteiger partial charge is 0.119 e. The number of allylic oxidation sites excluding steroid dienone is 2. The van der Waals surface area contributed by atoms with Gasteiger partial charge in [0.1, 0.15) is 0 Å². The maximum atomic E-state index is 5.55. The molecular formula is C6H9Cl2. The molecule has 0 saturated heterocycles. The molecule has 47 valence electrons. The maximum absolute atomic E-state index is 5.55. The standard InChI is InChI=1S/C6H9Cl2/c1-5(7)3-4-6(2)8/h3-6H,1H2,2H3/b4-3+. The third kappa shape index (κ3) is 6.32. The van der Waals surface area contributed by atoms with Crippen molar-refractivity contribution in [2.75, 3.05) is 0 Å². The summed E-state index contributed by atoms with van der Waals surface area (Å²) < 4.78 is 0. The summed E-state index contributed by atoms with van der Waals surface area (Å²) in [5, 5.41) is -0.103. The summed E-state index contributed by atoms with van der Waals surface area (Å²) in [6, 6.07) is 0. The summed E-state index contributed by atoms with van der Waals surface area (Å²) in [6.45, 7) is 5.40. The lowest BCUT2D eigenvalue weighted by Crippen LogP contribution is -1.86. The first kappa shape index (κ1) is 8.32. The van der Waals surface area contributed by atoms with Crippen LogP contribution < -0.4 is 0 Å². The first-order valence-corrected chi connectivity index (χ1v) is 3.29. The van der Waals surface area contributed by atoms with Crippen LogP contribution in [0.1, 0.15) is 6.92 Å². The summed E-state index contributed by atoms with van der Waals surface area (Å²) in [6.07, 6.45) is 3.57. The summed E-state index contributed by atoms with van der Waals surface area (Å²) in [5.74, 6) is 0. The van der Waals surface area contributed by atoms with E-state index in [2.05, 4.69) is 6.92 Å². The van der Waals surface area contributed by atoms with Crippen LogP contribution in [0.3, 0.4) is 0 Å². The molecule has 2 atom stereocenters. The molecule has 0 aromatic carbocycles. The highest BCUT2D eigenvalue weighted by Crippen LogP contribution is 1.99. The van der Waals surface area contributed by atoms with Crippen LogP contribution in [0.25, 0.3) is 0 Å². The minimum absolute atomic E-state index is 0.0537. The Labute approximate surface area is 60.5 Å². The minimum atomic E-state index is -0.156. The lowest BCUT2D eigenvalue weighted by atomic mass is 10.3. The number of rotatable bonds is 2. The molecule has 2 heteroatoms. The van der Waals surface area contributed by atoms with Crippen molar-refractivity contribution in [2.24, 2.45) is 0 Å². The predicted octanol–water partition coefficient (Wildman–Crippen LogP) is 2.61. The smallest absolute Gasteiger partial charge is 0.0517 e.